The summed E-state index contributed by atoms with van der Waals surface area (Å²) >= 11 is 17.7. The molecule has 0 fully saturated rings. The van der Waals surface area contributed by atoms with Crippen LogP contribution in [0.4, 0.5) is 0 Å². The standard InChI is InChI=1S/C2H4O2.C2H3O2.4BrH.2Co.2Mn/c2*1-2(3)4;;;;;;;;/h1H3,(H,3,4);1H2,(H,3,4);4*1H;;;;/q;;;;;;;+3;;+1/p-4. The normalized spacial score (nSPS) is 7.06. The van der Waals surface area contributed by atoms with Crippen molar-refractivity contribution in [2.75, 3.05) is 0 Å². The van der Waals surface area contributed by atoms with Crippen LogP contribution in [0.15, 0.2) is 0 Å². The van der Waals surface area contributed by atoms with Crippen LogP contribution in [0.3, 0.4) is 0 Å². The first-order valence-electron chi connectivity index (χ1n) is 2.50. The Labute approximate surface area is 153 Å². The van der Waals surface area contributed by atoms with Gasteiger partial charge < -0.3 is 5.11 Å². The Morgan fingerprint density at radius 2 is 1.25 bits per heavy atom. The van der Waals surface area contributed by atoms with Gasteiger partial charge in [0, 0.05) is 23.7 Å². The molecule has 0 aliphatic rings. The van der Waals surface area contributed by atoms with Crippen molar-refractivity contribution in [2.24, 2.45) is 0 Å². The minimum atomic E-state index is -0.833. The van der Waals surface area contributed by atoms with Gasteiger partial charge in [-0.05, 0) is 0 Å². The van der Waals surface area contributed by atoms with E-state index in [4.69, 9.17) is 15.0 Å². The maximum atomic E-state index is 9.32. The van der Waals surface area contributed by atoms with E-state index in [-0.39, 0.29) is 30.4 Å². The van der Waals surface area contributed by atoms with Crippen molar-refractivity contribution in [1.82, 2.24) is 0 Å². The van der Waals surface area contributed by atoms with E-state index in [2.05, 4.69) is 86.8 Å². The predicted molar refractivity (Wildman–Crippen MR) is 61.5 cm³/mol. The summed E-state index contributed by atoms with van der Waals surface area (Å²) in [6.07, 6.45) is 0. The average Bonchev–Trinajstić information content (AvgIpc) is 2.06. The number of halogens is 4. The molecule has 2 N–H and O–H groups in total. The fourth-order valence-corrected chi connectivity index (χ4v) is 0. The van der Waals surface area contributed by atoms with E-state index in [9.17, 15) is 4.79 Å². The monoisotopic (exact) mass is 662 g/mol. The number of carboxylic acid groups (broad SMARTS) is 2. The molecule has 0 rings (SSSR count). The number of carbonyl (C=O) groups is 2. The molecule has 0 atom stereocenters. The zero-order valence-corrected chi connectivity index (χ0v) is 18.1. The van der Waals surface area contributed by atoms with Gasteiger partial charge in [0.2, 0.25) is 0 Å². The van der Waals surface area contributed by atoms with Crippen LogP contribution in [0.1, 0.15) is 6.92 Å². The molecule has 107 valence electrons. The molecular formula is C4H7Br4Co2Mn2O4. The topological polar surface area (TPSA) is 74.6 Å². The van der Waals surface area contributed by atoms with E-state index in [1.165, 1.54) is 0 Å². The second-order valence-corrected chi connectivity index (χ2v) is 17.4. The molecule has 4 nitrogen and oxygen atoms in total. The zero-order valence-electron chi connectivity index (χ0n) is 7.35. The molecule has 1 radical (unpaired) electrons. The van der Waals surface area contributed by atoms with Gasteiger partial charge in [-0.1, -0.05) is 0 Å². The van der Waals surface area contributed by atoms with Crippen LogP contribution < -0.4 is 0 Å². The van der Waals surface area contributed by atoms with Crippen LogP contribution >= 0.6 is 56.6 Å². The summed E-state index contributed by atoms with van der Waals surface area (Å²) in [5, 5.41) is 15.1. The average molecular weight is 666 g/mol. The van der Waals surface area contributed by atoms with Crippen molar-refractivity contribution < 1.29 is 75.1 Å². The number of rotatable bonds is 1. The first-order chi connectivity index (χ1) is 6.73. The van der Waals surface area contributed by atoms with Crippen molar-refractivity contribution in [3.05, 3.63) is 0 Å². The molecule has 0 aliphatic heterocycles. The SMILES string of the molecule is CC(=O)O.O=C(O)[CH2][Mn].[Br][Co]([Br])[Br].[Co].[Mn][Br]. The summed E-state index contributed by atoms with van der Waals surface area (Å²) in [4.78, 5) is 18.3. The molecule has 0 bridgehead atoms. The van der Waals surface area contributed by atoms with Crippen LogP contribution in [0.25, 0.3) is 0 Å². The van der Waals surface area contributed by atoms with Crippen molar-refractivity contribution in [3.8, 4) is 0 Å². The van der Waals surface area contributed by atoms with Crippen LogP contribution in [0, 0.1) is 0 Å². The summed E-state index contributed by atoms with van der Waals surface area (Å²) in [6.45, 7) is 1.08. The molecule has 0 aromatic heterocycles. The molecule has 0 saturated carbocycles. The first kappa shape index (κ1) is 31.4. The van der Waals surface area contributed by atoms with Crippen LogP contribution in [0.5, 0.6) is 0 Å². The van der Waals surface area contributed by atoms with E-state index in [1.807, 2.05) is 0 Å². The fourth-order valence-electron chi connectivity index (χ4n) is 0. The molecule has 12 heteroatoms. The Kier molecular flexibility index (Phi) is 60.2. The van der Waals surface area contributed by atoms with Crippen molar-refractivity contribution in [1.29, 1.82) is 0 Å². The van der Waals surface area contributed by atoms with E-state index < -0.39 is 11.9 Å². The quantitative estimate of drug-likeness (QED) is 0.421. The van der Waals surface area contributed by atoms with Gasteiger partial charge in [0.1, 0.15) is 0 Å². The molecule has 0 aromatic rings. The van der Waals surface area contributed by atoms with Gasteiger partial charge in [0.15, 0.2) is 0 Å². The van der Waals surface area contributed by atoms with E-state index >= 15 is 0 Å². The van der Waals surface area contributed by atoms with Gasteiger partial charge in [-0.3, -0.25) is 4.79 Å². The van der Waals surface area contributed by atoms with Gasteiger partial charge in [0.05, 0.1) is 0 Å². The summed E-state index contributed by atoms with van der Waals surface area (Å²) in [6, 6.07) is 0. The summed E-state index contributed by atoms with van der Waals surface area (Å²) < 4.78 is 0. The number of aliphatic carboxylic acids is 2. The maximum absolute atomic E-state index is 9.32. The Morgan fingerprint density at radius 1 is 1.19 bits per heavy atom. The Balaban J connectivity index is -0.0000000343. The van der Waals surface area contributed by atoms with E-state index in [0.717, 1.165) is 6.92 Å². The number of hydrogen-bond donors (Lipinski definition) is 2. The molecule has 0 heterocycles. The third kappa shape index (κ3) is 177. The second-order valence-electron chi connectivity index (χ2n) is 1.19. The summed E-state index contributed by atoms with van der Waals surface area (Å²) in [7, 11) is -0.167. The fraction of sp³-hybridized carbons (Fsp3) is 0.500. The summed E-state index contributed by atoms with van der Waals surface area (Å²) in [5.41, 5.74) is 0. The Morgan fingerprint density at radius 3 is 1.25 bits per heavy atom. The number of carboxylic acids is 2. The molecule has 0 aromatic carbocycles. The van der Waals surface area contributed by atoms with Crippen LogP contribution in [-0.2, 0) is 64.9 Å². The van der Waals surface area contributed by atoms with E-state index in [1.54, 1.807) is 0 Å². The van der Waals surface area contributed by atoms with Gasteiger partial charge in [-0.15, -0.1) is 0 Å². The van der Waals surface area contributed by atoms with Gasteiger partial charge in [-0.2, -0.15) is 0 Å². The summed E-state index contributed by atoms with van der Waals surface area (Å²) in [5.74, 6) is -1.66. The van der Waals surface area contributed by atoms with Gasteiger partial charge in [0.25, 0.3) is 5.97 Å². The predicted octanol–water partition coefficient (Wildman–Crippen LogP) is 3.50. The number of hydrogen-bond acceptors (Lipinski definition) is 2. The van der Waals surface area contributed by atoms with E-state index in [0.29, 0.717) is 0 Å². The molecule has 0 saturated heterocycles. The molecular weight excluding hydrogens is 659 g/mol. The molecule has 0 unspecified atom stereocenters. The van der Waals surface area contributed by atoms with Crippen molar-refractivity contribution >= 4 is 68.6 Å². The minimum absolute atomic E-state index is 0. The zero-order chi connectivity index (χ0) is 13.4. The molecule has 0 spiro atoms. The van der Waals surface area contributed by atoms with Crippen molar-refractivity contribution in [2.45, 2.75) is 12.2 Å². The second kappa shape index (κ2) is 30.7. The molecule has 16 heavy (non-hydrogen) atoms. The van der Waals surface area contributed by atoms with Crippen molar-refractivity contribution in [3.63, 3.8) is 0 Å². The Hall–Kier alpha value is 2.91. The van der Waals surface area contributed by atoms with Gasteiger partial charge >= 0.3 is 116 Å². The van der Waals surface area contributed by atoms with Crippen LogP contribution in [0.2, 0.25) is 5.32 Å². The first-order valence-corrected chi connectivity index (χ1v) is 14.0. The third-order valence-corrected chi connectivity index (χ3v) is 0.471. The van der Waals surface area contributed by atoms with Gasteiger partial charge in [-0.25, -0.2) is 0 Å². The molecule has 0 aliphatic carbocycles. The Bertz CT molecular complexity index is 147. The molecule has 0 amide bonds. The third-order valence-electron chi connectivity index (χ3n) is 0.114. The van der Waals surface area contributed by atoms with Crippen LogP contribution in [-0.4, -0.2) is 22.2 Å².